The van der Waals surface area contributed by atoms with Crippen molar-refractivity contribution in [1.82, 2.24) is 30.0 Å². The maximum absolute atomic E-state index is 12.4. The lowest BCUT2D eigenvalue weighted by Crippen LogP contribution is -2.27. The highest BCUT2D eigenvalue weighted by Gasteiger charge is 2.19. The third kappa shape index (κ3) is 6.41. The van der Waals surface area contributed by atoms with Crippen LogP contribution in [0.1, 0.15) is 37.1 Å². The van der Waals surface area contributed by atoms with Crippen molar-refractivity contribution >= 4 is 23.3 Å². The van der Waals surface area contributed by atoms with Crippen molar-refractivity contribution in [2.24, 2.45) is 0 Å². The number of likely N-dealkylation sites (tertiary alicyclic amines) is 1. The molecule has 3 heterocycles. The van der Waals surface area contributed by atoms with Crippen molar-refractivity contribution in [2.75, 3.05) is 45.7 Å². The molecule has 0 spiro atoms. The molecule has 11 heteroatoms. The molecular formula is C25H33N7O4. The number of aryl methyl sites for hydroxylation is 1. The van der Waals surface area contributed by atoms with Gasteiger partial charge in [-0.1, -0.05) is 0 Å². The molecule has 1 aliphatic heterocycles. The fourth-order valence-corrected chi connectivity index (χ4v) is 4.24. The van der Waals surface area contributed by atoms with Gasteiger partial charge < -0.3 is 25.0 Å². The fourth-order valence-electron chi connectivity index (χ4n) is 4.24. The molecule has 3 aromatic rings. The van der Waals surface area contributed by atoms with Gasteiger partial charge in [0, 0.05) is 45.4 Å². The third-order valence-corrected chi connectivity index (χ3v) is 6.19. The third-order valence-electron chi connectivity index (χ3n) is 6.19. The quantitative estimate of drug-likeness (QED) is 0.345. The van der Waals surface area contributed by atoms with Gasteiger partial charge in [0.25, 0.3) is 0 Å². The zero-order chi connectivity index (χ0) is 25.3. The van der Waals surface area contributed by atoms with Crippen LogP contribution < -0.4 is 20.1 Å². The lowest BCUT2D eigenvalue weighted by Gasteiger charge is -2.15. The molecule has 36 heavy (non-hydrogen) atoms. The summed E-state index contributed by atoms with van der Waals surface area (Å²) < 4.78 is 12.3. The smallest absolute Gasteiger partial charge is 0.222 e. The van der Waals surface area contributed by atoms with E-state index in [1.165, 1.54) is 0 Å². The Hall–Kier alpha value is -3.89. The number of anilines is 1. The van der Waals surface area contributed by atoms with E-state index in [1.807, 2.05) is 35.2 Å². The summed E-state index contributed by atoms with van der Waals surface area (Å²) in [6.07, 6.45) is 3.79. The van der Waals surface area contributed by atoms with E-state index in [9.17, 15) is 9.59 Å². The van der Waals surface area contributed by atoms with Gasteiger partial charge in [0.2, 0.25) is 11.8 Å². The number of methoxy groups -OCH3 is 2. The maximum Gasteiger partial charge on any atom is 0.222 e. The van der Waals surface area contributed by atoms with E-state index >= 15 is 0 Å². The molecule has 4 rings (SSSR count). The summed E-state index contributed by atoms with van der Waals surface area (Å²) in [4.78, 5) is 26.1. The van der Waals surface area contributed by atoms with Crippen LogP contribution in [0.25, 0.3) is 5.65 Å². The molecule has 2 aromatic heterocycles. The van der Waals surface area contributed by atoms with Gasteiger partial charge >= 0.3 is 0 Å². The number of aromatic nitrogens is 4. The minimum Gasteiger partial charge on any atom is -0.497 e. The van der Waals surface area contributed by atoms with Gasteiger partial charge in [0.1, 0.15) is 17.3 Å². The van der Waals surface area contributed by atoms with Gasteiger partial charge in [0.05, 0.1) is 14.2 Å². The molecule has 11 nitrogen and oxygen atoms in total. The first-order chi connectivity index (χ1) is 17.6. The number of ether oxygens (including phenoxy) is 2. The minimum atomic E-state index is -0.0700. The van der Waals surface area contributed by atoms with Crippen molar-refractivity contribution in [3.63, 3.8) is 0 Å². The SMILES string of the molecule is COc1ccc(OC)c(CCNC(=O)CCc2nnc3ccc(NCCCN4CCCC4=O)nn23)c1. The van der Waals surface area contributed by atoms with E-state index in [-0.39, 0.29) is 18.2 Å². The Morgan fingerprint density at radius 1 is 1.08 bits per heavy atom. The van der Waals surface area contributed by atoms with Crippen LogP contribution in [0.3, 0.4) is 0 Å². The second-order valence-corrected chi connectivity index (χ2v) is 8.65. The summed E-state index contributed by atoms with van der Waals surface area (Å²) in [7, 11) is 3.24. The zero-order valence-electron chi connectivity index (χ0n) is 20.8. The molecule has 1 aromatic carbocycles. The Balaban J connectivity index is 1.24. The van der Waals surface area contributed by atoms with Gasteiger partial charge in [-0.25, -0.2) is 0 Å². The van der Waals surface area contributed by atoms with Gasteiger partial charge in [0.15, 0.2) is 11.5 Å². The van der Waals surface area contributed by atoms with Crippen LogP contribution >= 0.6 is 0 Å². The minimum absolute atomic E-state index is 0.0700. The lowest BCUT2D eigenvalue weighted by atomic mass is 10.1. The fraction of sp³-hybridized carbons (Fsp3) is 0.480. The first kappa shape index (κ1) is 25.2. The second kappa shape index (κ2) is 12.2. The van der Waals surface area contributed by atoms with Gasteiger partial charge in [-0.2, -0.15) is 4.52 Å². The van der Waals surface area contributed by atoms with E-state index in [4.69, 9.17) is 9.47 Å². The van der Waals surface area contributed by atoms with Crippen LogP contribution in [-0.4, -0.2) is 76.9 Å². The largest absolute Gasteiger partial charge is 0.497 e. The number of benzene rings is 1. The van der Waals surface area contributed by atoms with Crippen molar-refractivity contribution in [3.05, 3.63) is 41.7 Å². The molecular weight excluding hydrogens is 462 g/mol. The molecule has 1 saturated heterocycles. The monoisotopic (exact) mass is 495 g/mol. The first-order valence-electron chi connectivity index (χ1n) is 12.3. The molecule has 1 fully saturated rings. The Morgan fingerprint density at radius 2 is 1.97 bits per heavy atom. The summed E-state index contributed by atoms with van der Waals surface area (Å²) in [6, 6.07) is 9.31. The maximum atomic E-state index is 12.4. The summed E-state index contributed by atoms with van der Waals surface area (Å²) in [5, 5.41) is 19.2. The summed E-state index contributed by atoms with van der Waals surface area (Å²) in [6.45, 7) is 2.81. The molecule has 0 aliphatic carbocycles. The summed E-state index contributed by atoms with van der Waals surface area (Å²) in [5.41, 5.74) is 1.60. The highest BCUT2D eigenvalue weighted by atomic mass is 16.5. The van der Waals surface area contributed by atoms with Gasteiger partial charge in [-0.15, -0.1) is 15.3 Å². The molecule has 0 radical (unpaired) electrons. The summed E-state index contributed by atoms with van der Waals surface area (Å²) >= 11 is 0. The molecule has 0 saturated carbocycles. The van der Waals surface area contributed by atoms with Crippen LogP contribution in [0.15, 0.2) is 30.3 Å². The van der Waals surface area contributed by atoms with Crippen molar-refractivity contribution < 1.29 is 19.1 Å². The summed E-state index contributed by atoms with van der Waals surface area (Å²) in [5.74, 6) is 3.01. The van der Waals surface area contributed by atoms with Crippen LogP contribution in [0.4, 0.5) is 5.82 Å². The van der Waals surface area contributed by atoms with Crippen LogP contribution in [0, 0.1) is 0 Å². The average Bonchev–Trinajstić information content (AvgIpc) is 3.50. The van der Waals surface area contributed by atoms with Crippen molar-refractivity contribution in [1.29, 1.82) is 0 Å². The second-order valence-electron chi connectivity index (χ2n) is 8.65. The molecule has 0 bridgehead atoms. The number of nitrogens with zero attached hydrogens (tertiary/aromatic N) is 5. The number of hydrogen-bond acceptors (Lipinski definition) is 8. The lowest BCUT2D eigenvalue weighted by molar-refractivity contribution is -0.127. The van der Waals surface area contributed by atoms with Crippen molar-refractivity contribution in [2.45, 2.75) is 38.5 Å². The van der Waals surface area contributed by atoms with Crippen LogP contribution in [0.2, 0.25) is 0 Å². The highest BCUT2D eigenvalue weighted by Crippen LogP contribution is 2.24. The number of fused-ring (bicyclic) bond motifs is 1. The Labute approximate surface area is 210 Å². The number of carbonyl (C=O) groups excluding carboxylic acids is 2. The van der Waals surface area contributed by atoms with E-state index < -0.39 is 0 Å². The number of hydrogen-bond donors (Lipinski definition) is 2. The topological polar surface area (TPSA) is 123 Å². The Bertz CT molecular complexity index is 1200. The van der Waals surface area contributed by atoms with Crippen molar-refractivity contribution in [3.8, 4) is 11.5 Å². The number of amides is 2. The Morgan fingerprint density at radius 3 is 2.75 bits per heavy atom. The van der Waals surface area contributed by atoms with Gasteiger partial charge in [-0.3, -0.25) is 9.59 Å². The molecule has 0 atom stereocenters. The number of nitrogens with one attached hydrogen (secondary N) is 2. The van der Waals surface area contributed by atoms with E-state index in [1.54, 1.807) is 18.7 Å². The molecule has 192 valence electrons. The predicted octanol–water partition coefficient (Wildman–Crippen LogP) is 1.86. The van der Waals surface area contributed by atoms with Crippen LogP contribution in [-0.2, 0) is 22.4 Å². The molecule has 0 unspecified atom stereocenters. The van der Waals surface area contributed by atoms with Gasteiger partial charge in [-0.05, 0) is 55.2 Å². The predicted molar refractivity (Wildman–Crippen MR) is 134 cm³/mol. The number of rotatable bonds is 13. The van der Waals surface area contributed by atoms with Crippen LogP contribution in [0.5, 0.6) is 11.5 Å². The molecule has 2 N–H and O–H groups in total. The average molecular weight is 496 g/mol. The number of carbonyl (C=O) groups is 2. The normalized spacial score (nSPS) is 13.3. The van der Waals surface area contributed by atoms with E-state index in [0.717, 1.165) is 43.0 Å². The standard InChI is InChI=1S/C25H33N7O4/c1-35-19-6-7-20(36-2)18(17-19)12-14-27-24(33)11-10-23-29-28-22-9-8-21(30-32(22)23)26-13-4-16-31-15-3-5-25(31)34/h6-9,17H,3-5,10-16H2,1-2H3,(H,26,30)(H,27,33). The zero-order valence-corrected chi connectivity index (χ0v) is 20.8. The van der Waals surface area contributed by atoms with E-state index in [2.05, 4.69) is 25.9 Å². The molecule has 2 amide bonds. The van der Waals surface area contributed by atoms with E-state index in [0.29, 0.717) is 49.6 Å². The Kier molecular flexibility index (Phi) is 8.53. The highest BCUT2D eigenvalue weighted by molar-refractivity contribution is 5.78. The first-order valence-corrected chi connectivity index (χ1v) is 12.3. The molecule has 1 aliphatic rings.